The number of carboxylic acid groups (broad SMARTS) is 1. The van der Waals surface area contributed by atoms with Crippen LogP contribution < -0.4 is 4.90 Å². The molecule has 1 aromatic heterocycles. The SMILES string of the molecule is CC(=O)c1ccc(N(Cc2ccccc2)C(=O)O)nc1. The number of nitrogens with zero attached hydrogens (tertiary/aromatic N) is 2. The molecule has 0 atom stereocenters. The summed E-state index contributed by atoms with van der Waals surface area (Å²) in [6, 6.07) is 12.4. The average Bonchev–Trinajstić information content (AvgIpc) is 2.45. The fourth-order valence-corrected chi connectivity index (χ4v) is 1.77. The van der Waals surface area contributed by atoms with E-state index in [9.17, 15) is 14.7 Å². The number of anilines is 1. The van der Waals surface area contributed by atoms with Gasteiger partial charge in [-0.1, -0.05) is 30.3 Å². The second kappa shape index (κ2) is 5.97. The molecule has 1 aromatic carbocycles. The van der Waals surface area contributed by atoms with Gasteiger partial charge in [0, 0.05) is 11.8 Å². The van der Waals surface area contributed by atoms with Gasteiger partial charge in [0.15, 0.2) is 5.78 Å². The van der Waals surface area contributed by atoms with Crippen LogP contribution in [0.15, 0.2) is 48.7 Å². The zero-order valence-electron chi connectivity index (χ0n) is 11.0. The number of carbonyl (C=O) groups is 2. The highest BCUT2D eigenvalue weighted by molar-refractivity contribution is 5.94. The van der Waals surface area contributed by atoms with Gasteiger partial charge in [-0.2, -0.15) is 0 Å². The highest BCUT2D eigenvalue weighted by Gasteiger charge is 2.16. The topological polar surface area (TPSA) is 70.5 Å². The summed E-state index contributed by atoms with van der Waals surface area (Å²) in [4.78, 5) is 27.7. The molecule has 2 rings (SSSR count). The van der Waals surface area contributed by atoms with Gasteiger partial charge < -0.3 is 5.11 Å². The van der Waals surface area contributed by atoms with Crippen LogP contribution in [0.1, 0.15) is 22.8 Å². The first kappa shape index (κ1) is 13.7. The number of Topliss-reactive ketones (excluding diaryl/α,β-unsaturated/α-hetero) is 1. The number of amides is 1. The molecule has 0 saturated heterocycles. The van der Waals surface area contributed by atoms with E-state index in [1.54, 1.807) is 6.07 Å². The van der Waals surface area contributed by atoms with Gasteiger partial charge in [-0.3, -0.25) is 9.69 Å². The smallest absolute Gasteiger partial charge is 0.413 e. The van der Waals surface area contributed by atoms with Crippen molar-refractivity contribution in [3.05, 3.63) is 59.8 Å². The van der Waals surface area contributed by atoms with Crippen molar-refractivity contribution in [1.29, 1.82) is 0 Å². The van der Waals surface area contributed by atoms with Crippen LogP contribution in [0.4, 0.5) is 10.6 Å². The molecular formula is C15H14N2O3. The molecule has 0 bridgehead atoms. The van der Waals surface area contributed by atoms with Gasteiger partial charge in [-0.25, -0.2) is 9.78 Å². The predicted octanol–water partition coefficient (Wildman–Crippen LogP) is 2.97. The van der Waals surface area contributed by atoms with Gasteiger partial charge in [-0.05, 0) is 24.6 Å². The Balaban J connectivity index is 2.25. The molecule has 2 aromatic rings. The van der Waals surface area contributed by atoms with E-state index in [1.807, 2.05) is 30.3 Å². The minimum absolute atomic E-state index is 0.103. The number of aromatic nitrogens is 1. The maximum atomic E-state index is 11.3. The first-order valence-corrected chi connectivity index (χ1v) is 6.09. The van der Waals surface area contributed by atoms with Crippen molar-refractivity contribution in [2.75, 3.05) is 4.90 Å². The van der Waals surface area contributed by atoms with Crippen molar-refractivity contribution < 1.29 is 14.7 Å². The lowest BCUT2D eigenvalue weighted by Gasteiger charge is -2.18. The quantitative estimate of drug-likeness (QED) is 0.867. The number of ketones is 1. The molecule has 0 aliphatic heterocycles. The minimum Gasteiger partial charge on any atom is -0.465 e. The van der Waals surface area contributed by atoms with Gasteiger partial charge in [0.25, 0.3) is 0 Å². The van der Waals surface area contributed by atoms with Crippen molar-refractivity contribution in [3.63, 3.8) is 0 Å². The molecule has 102 valence electrons. The Bertz CT molecular complexity index is 609. The van der Waals surface area contributed by atoms with E-state index in [-0.39, 0.29) is 12.3 Å². The maximum absolute atomic E-state index is 11.3. The van der Waals surface area contributed by atoms with Crippen LogP contribution in [-0.2, 0) is 6.54 Å². The fourth-order valence-electron chi connectivity index (χ4n) is 1.77. The molecular weight excluding hydrogens is 256 g/mol. The van der Waals surface area contributed by atoms with Crippen molar-refractivity contribution in [2.24, 2.45) is 0 Å². The van der Waals surface area contributed by atoms with Crippen molar-refractivity contribution in [1.82, 2.24) is 4.98 Å². The van der Waals surface area contributed by atoms with Crippen LogP contribution in [0.3, 0.4) is 0 Å². The number of hydrogen-bond acceptors (Lipinski definition) is 3. The molecule has 1 heterocycles. The number of hydrogen-bond donors (Lipinski definition) is 1. The summed E-state index contributed by atoms with van der Waals surface area (Å²) in [5.74, 6) is 0.195. The third-order valence-electron chi connectivity index (χ3n) is 2.85. The second-order valence-corrected chi connectivity index (χ2v) is 4.32. The molecule has 0 aliphatic rings. The molecule has 0 spiro atoms. The van der Waals surface area contributed by atoms with E-state index >= 15 is 0 Å². The largest absolute Gasteiger partial charge is 0.465 e. The second-order valence-electron chi connectivity index (χ2n) is 4.32. The fraction of sp³-hybridized carbons (Fsp3) is 0.133. The molecule has 5 nitrogen and oxygen atoms in total. The summed E-state index contributed by atoms with van der Waals surface area (Å²) in [6.07, 6.45) is 0.301. The first-order chi connectivity index (χ1) is 9.58. The Hall–Kier alpha value is -2.69. The summed E-state index contributed by atoms with van der Waals surface area (Å²) < 4.78 is 0. The Morgan fingerprint density at radius 2 is 1.85 bits per heavy atom. The molecule has 0 fully saturated rings. The lowest BCUT2D eigenvalue weighted by Crippen LogP contribution is -2.29. The van der Waals surface area contributed by atoms with E-state index in [0.717, 1.165) is 10.5 Å². The molecule has 0 aliphatic carbocycles. The number of pyridine rings is 1. The van der Waals surface area contributed by atoms with Crippen molar-refractivity contribution in [2.45, 2.75) is 13.5 Å². The maximum Gasteiger partial charge on any atom is 0.413 e. The lowest BCUT2D eigenvalue weighted by atomic mass is 10.2. The van der Waals surface area contributed by atoms with Crippen LogP contribution in [0.25, 0.3) is 0 Å². The van der Waals surface area contributed by atoms with Crippen molar-refractivity contribution >= 4 is 17.7 Å². The lowest BCUT2D eigenvalue weighted by molar-refractivity contribution is 0.101. The van der Waals surface area contributed by atoms with Crippen LogP contribution in [0, 0.1) is 0 Å². The molecule has 1 N–H and O–H groups in total. The molecule has 1 amide bonds. The predicted molar refractivity (Wildman–Crippen MR) is 74.9 cm³/mol. The van der Waals surface area contributed by atoms with Gasteiger partial charge in [0.1, 0.15) is 5.82 Å². The zero-order valence-corrected chi connectivity index (χ0v) is 11.0. The third-order valence-corrected chi connectivity index (χ3v) is 2.85. The van der Waals surface area contributed by atoms with Crippen LogP contribution in [-0.4, -0.2) is 22.0 Å². The van der Waals surface area contributed by atoms with Gasteiger partial charge in [-0.15, -0.1) is 0 Å². The molecule has 0 radical (unpaired) electrons. The highest BCUT2D eigenvalue weighted by Crippen LogP contribution is 2.15. The minimum atomic E-state index is -1.09. The van der Waals surface area contributed by atoms with Crippen LogP contribution in [0.2, 0.25) is 0 Å². The van der Waals surface area contributed by atoms with E-state index in [0.29, 0.717) is 11.4 Å². The Morgan fingerprint density at radius 1 is 1.15 bits per heavy atom. The number of carbonyl (C=O) groups excluding carboxylic acids is 1. The molecule has 5 heteroatoms. The highest BCUT2D eigenvalue weighted by atomic mass is 16.4. The third kappa shape index (κ3) is 3.20. The van der Waals surface area contributed by atoms with Crippen LogP contribution >= 0.6 is 0 Å². The summed E-state index contributed by atoms with van der Waals surface area (Å²) in [7, 11) is 0. The van der Waals surface area contributed by atoms with Gasteiger partial charge in [0.05, 0.1) is 6.54 Å². The normalized spacial score (nSPS) is 10.1. The van der Waals surface area contributed by atoms with E-state index in [1.165, 1.54) is 19.2 Å². The Labute approximate surface area is 116 Å². The summed E-state index contributed by atoms with van der Waals surface area (Å²) in [5, 5.41) is 9.29. The number of benzene rings is 1. The zero-order chi connectivity index (χ0) is 14.5. The van der Waals surface area contributed by atoms with Gasteiger partial charge >= 0.3 is 6.09 Å². The average molecular weight is 270 g/mol. The Morgan fingerprint density at radius 3 is 2.35 bits per heavy atom. The standard InChI is InChI=1S/C15H14N2O3/c1-11(18)13-7-8-14(16-9-13)17(15(19)20)10-12-5-3-2-4-6-12/h2-9H,10H2,1H3,(H,19,20). The summed E-state index contributed by atoms with van der Waals surface area (Å²) >= 11 is 0. The van der Waals surface area contributed by atoms with Gasteiger partial charge in [0.2, 0.25) is 0 Å². The molecule has 0 saturated carbocycles. The molecule has 0 unspecified atom stereocenters. The molecule has 20 heavy (non-hydrogen) atoms. The summed E-state index contributed by atoms with van der Waals surface area (Å²) in [6.45, 7) is 1.65. The van der Waals surface area contributed by atoms with Crippen molar-refractivity contribution in [3.8, 4) is 0 Å². The monoisotopic (exact) mass is 270 g/mol. The summed E-state index contributed by atoms with van der Waals surface area (Å²) in [5.41, 5.74) is 1.33. The van der Waals surface area contributed by atoms with Crippen LogP contribution in [0.5, 0.6) is 0 Å². The van der Waals surface area contributed by atoms with E-state index in [4.69, 9.17) is 0 Å². The van der Waals surface area contributed by atoms with E-state index < -0.39 is 6.09 Å². The first-order valence-electron chi connectivity index (χ1n) is 6.09. The van der Waals surface area contributed by atoms with E-state index in [2.05, 4.69) is 4.98 Å². The number of rotatable bonds is 4. The Kier molecular flexibility index (Phi) is 4.10.